The van der Waals surface area contributed by atoms with E-state index in [0.29, 0.717) is 10.7 Å². The van der Waals surface area contributed by atoms with Gasteiger partial charge in [-0.05, 0) is 18.2 Å². The summed E-state index contributed by atoms with van der Waals surface area (Å²) in [5, 5.41) is 5.30. The summed E-state index contributed by atoms with van der Waals surface area (Å²) in [5.74, 6) is -0.704. The van der Waals surface area contributed by atoms with Crippen LogP contribution in [-0.4, -0.2) is 45.4 Å². The number of urea groups is 1. The number of anilines is 1. The van der Waals surface area contributed by atoms with E-state index in [1.54, 1.807) is 41.5 Å². The van der Waals surface area contributed by atoms with Gasteiger partial charge < -0.3 is 14.8 Å². The van der Waals surface area contributed by atoms with Crippen molar-refractivity contribution in [1.82, 2.24) is 19.8 Å². The summed E-state index contributed by atoms with van der Waals surface area (Å²) in [6, 6.07) is 4.52. The molecule has 3 rings (SSSR count). The highest BCUT2D eigenvalue weighted by Gasteiger charge is 2.24. The van der Waals surface area contributed by atoms with Crippen molar-refractivity contribution in [2.75, 3.05) is 18.4 Å². The molecule has 1 saturated heterocycles. The zero-order chi connectivity index (χ0) is 17.1. The minimum absolute atomic E-state index is 0.139. The molecule has 8 nitrogen and oxygen atoms in total. The summed E-state index contributed by atoms with van der Waals surface area (Å²) < 4.78 is 1.75. The van der Waals surface area contributed by atoms with Crippen molar-refractivity contribution >= 4 is 35.1 Å². The molecule has 0 radical (unpaired) electrons. The third-order valence-corrected chi connectivity index (χ3v) is 3.79. The lowest BCUT2D eigenvalue weighted by Crippen LogP contribution is -2.51. The van der Waals surface area contributed by atoms with Crippen LogP contribution in [0.3, 0.4) is 0 Å². The Morgan fingerprint density at radius 1 is 1.38 bits per heavy atom. The van der Waals surface area contributed by atoms with E-state index in [2.05, 4.69) is 15.6 Å². The number of carbonyl (C=O) groups is 3. The molecule has 1 aromatic carbocycles. The first kappa shape index (κ1) is 16.0. The Balaban J connectivity index is 1.63. The van der Waals surface area contributed by atoms with Gasteiger partial charge in [-0.3, -0.25) is 14.9 Å². The molecule has 0 bridgehead atoms. The van der Waals surface area contributed by atoms with Crippen LogP contribution in [0.25, 0.3) is 5.69 Å². The van der Waals surface area contributed by atoms with Gasteiger partial charge in [-0.15, -0.1) is 0 Å². The van der Waals surface area contributed by atoms with Crippen molar-refractivity contribution < 1.29 is 14.4 Å². The maximum Gasteiger partial charge on any atom is 0.324 e. The molecule has 0 aliphatic carbocycles. The monoisotopic (exact) mass is 347 g/mol. The van der Waals surface area contributed by atoms with E-state index in [0.717, 1.165) is 5.69 Å². The van der Waals surface area contributed by atoms with E-state index in [1.807, 2.05) is 0 Å². The van der Waals surface area contributed by atoms with Gasteiger partial charge in [0, 0.05) is 31.0 Å². The highest BCUT2D eigenvalue weighted by Crippen LogP contribution is 2.24. The first-order chi connectivity index (χ1) is 11.5. The summed E-state index contributed by atoms with van der Waals surface area (Å²) in [4.78, 5) is 40.0. The van der Waals surface area contributed by atoms with Gasteiger partial charge in [-0.1, -0.05) is 11.6 Å². The summed E-state index contributed by atoms with van der Waals surface area (Å²) in [7, 11) is 0. The molecular weight excluding hydrogens is 334 g/mol. The number of benzene rings is 1. The molecule has 0 spiro atoms. The number of imidazole rings is 1. The number of halogens is 1. The minimum Gasteiger partial charge on any atom is -0.324 e. The SMILES string of the molecule is O=C1CCN(CC(=O)Nc2ccc(-n3ccnc3)c(Cl)c2)C(=O)N1. The van der Waals surface area contributed by atoms with Crippen molar-refractivity contribution in [3.05, 3.63) is 41.9 Å². The van der Waals surface area contributed by atoms with Crippen LogP contribution >= 0.6 is 11.6 Å². The Kier molecular flexibility index (Phi) is 4.48. The maximum atomic E-state index is 12.1. The molecule has 2 heterocycles. The molecule has 1 aromatic heterocycles. The fraction of sp³-hybridized carbons (Fsp3) is 0.200. The van der Waals surface area contributed by atoms with Gasteiger partial charge in [-0.2, -0.15) is 0 Å². The number of hydrogen-bond donors (Lipinski definition) is 2. The minimum atomic E-state index is -0.560. The van der Waals surface area contributed by atoms with Crippen molar-refractivity contribution in [2.45, 2.75) is 6.42 Å². The predicted molar refractivity (Wildman–Crippen MR) is 86.9 cm³/mol. The average molecular weight is 348 g/mol. The zero-order valence-corrected chi connectivity index (χ0v) is 13.3. The average Bonchev–Trinajstić information content (AvgIpc) is 3.04. The van der Waals surface area contributed by atoms with Crippen LogP contribution in [0.1, 0.15) is 6.42 Å². The van der Waals surface area contributed by atoms with Gasteiger partial charge in [0.1, 0.15) is 6.54 Å². The molecule has 4 amide bonds. The van der Waals surface area contributed by atoms with E-state index in [-0.39, 0.29) is 31.3 Å². The predicted octanol–water partition coefficient (Wildman–Crippen LogP) is 1.41. The van der Waals surface area contributed by atoms with E-state index in [1.165, 1.54) is 4.90 Å². The Labute approximate surface area is 142 Å². The maximum absolute atomic E-state index is 12.1. The first-order valence-corrected chi connectivity index (χ1v) is 7.57. The first-order valence-electron chi connectivity index (χ1n) is 7.19. The second kappa shape index (κ2) is 6.71. The highest BCUT2D eigenvalue weighted by molar-refractivity contribution is 6.32. The van der Waals surface area contributed by atoms with Gasteiger partial charge in [0.05, 0.1) is 17.0 Å². The summed E-state index contributed by atoms with van der Waals surface area (Å²) in [6.07, 6.45) is 5.20. The number of nitrogens with one attached hydrogen (secondary N) is 2. The van der Waals surface area contributed by atoms with E-state index >= 15 is 0 Å². The van der Waals surface area contributed by atoms with Crippen molar-refractivity contribution in [2.24, 2.45) is 0 Å². The molecule has 0 atom stereocenters. The van der Waals surface area contributed by atoms with Crippen LogP contribution in [0.2, 0.25) is 5.02 Å². The van der Waals surface area contributed by atoms with Crippen molar-refractivity contribution in [1.29, 1.82) is 0 Å². The lowest BCUT2D eigenvalue weighted by molar-refractivity contribution is -0.123. The van der Waals surface area contributed by atoms with Gasteiger partial charge in [0.15, 0.2) is 0 Å². The number of carbonyl (C=O) groups excluding carboxylic acids is 3. The number of amides is 4. The third kappa shape index (κ3) is 3.54. The molecule has 1 aliphatic rings. The standard InChI is InChI=1S/C15H14ClN5O3/c16-11-7-10(1-2-12(11)21-6-4-17-9-21)18-14(23)8-20-5-3-13(22)19-15(20)24/h1-2,4,6-7,9H,3,5,8H2,(H,18,23)(H,19,22,24). The summed E-state index contributed by atoms with van der Waals surface area (Å²) >= 11 is 6.22. The second-order valence-corrected chi connectivity index (χ2v) is 5.62. The number of rotatable bonds is 4. The quantitative estimate of drug-likeness (QED) is 0.873. The van der Waals surface area contributed by atoms with E-state index in [4.69, 9.17) is 11.6 Å². The summed E-state index contributed by atoms with van der Waals surface area (Å²) in [5.41, 5.74) is 1.25. The highest BCUT2D eigenvalue weighted by atomic mass is 35.5. The van der Waals surface area contributed by atoms with Crippen LogP contribution in [-0.2, 0) is 9.59 Å². The van der Waals surface area contributed by atoms with Crippen LogP contribution in [0.4, 0.5) is 10.5 Å². The molecule has 9 heteroatoms. The zero-order valence-electron chi connectivity index (χ0n) is 12.5. The van der Waals surface area contributed by atoms with Gasteiger partial charge >= 0.3 is 6.03 Å². The Morgan fingerprint density at radius 2 is 2.21 bits per heavy atom. The number of hydrogen-bond acceptors (Lipinski definition) is 4. The lowest BCUT2D eigenvalue weighted by Gasteiger charge is -2.25. The smallest absolute Gasteiger partial charge is 0.324 e. The largest absolute Gasteiger partial charge is 0.324 e. The van der Waals surface area contributed by atoms with Gasteiger partial charge in [0.2, 0.25) is 11.8 Å². The lowest BCUT2D eigenvalue weighted by atomic mass is 10.2. The second-order valence-electron chi connectivity index (χ2n) is 5.21. The third-order valence-electron chi connectivity index (χ3n) is 3.49. The van der Waals surface area contributed by atoms with Crippen molar-refractivity contribution in [3.8, 4) is 5.69 Å². The van der Waals surface area contributed by atoms with E-state index < -0.39 is 6.03 Å². The Hall–Kier alpha value is -2.87. The van der Waals surface area contributed by atoms with Crippen LogP contribution in [0.15, 0.2) is 36.9 Å². The Bertz CT molecular complexity index is 790. The van der Waals surface area contributed by atoms with Crippen LogP contribution < -0.4 is 10.6 Å². The molecule has 24 heavy (non-hydrogen) atoms. The van der Waals surface area contributed by atoms with Gasteiger partial charge in [-0.25, -0.2) is 9.78 Å². The molecule has 1 aliphatic heterocycles. The molecular formula is C15H14ClN5O3. The molecule has 2 N–H and O–H groups in total. The topological polar surface area (TPSA) is 96.3 Å². The molecule has 0 unspecified atom stereocenters. The number of imide groups is 1. The molecule has 1 fully saturated rings. The molecule has 124 valence electrons. The number of aromatic nitrogens is 2. The molecule has 2 aromatic rings. The fourth-order valence-corrected chi connectivity index (χ4v) is 2.60. The van der Waals surface area contributed by atoms with Crippen LogP contribution in [0.5, 0.6) is 0 Å². The summed E-state index contributed by atoms with van der Waals surface area (Å²) in [6.45, 7) is 0.0818. The van der Waals surface area contributed by atoms with Crippen LogP contribution in [0, 0.1) is 0 Å². The Morgan fingerprint density at radius 3 is 2.88 bits per heavy atom. The molecule has 0 saturated carbocycles. The van der Waals surface area contributed by atoms with Gasteiger partial charge in [0.25, 0.3) is 0 Å². The fourth-order valence-electron chi connectivity index (χ4n) is 2.32. The van der Waals surface area contributed by atoms with Crippen molar-refractivity contribution in [3.63, 3.8) is 0 Å². The number of nitrogens with zero attached hydrogens (tertiary/aromatic N) is 3. The van der Waals surface area contributed by atoms with E-state index in [9.17, 15) is 14.4 Å². The normalized spacial score (nSPS) is 14.5.